The molecule has 0 saturated heterocycles. The summed E-state index contributed by atoms with van der Waals surface area (Å²) in [4.78, 5) is 0. The van der Waals surface area contributed by atoms with E-state index < -0.39 is 39.4 Å². The van der Waals surface area contributed by atoms with Gasteiger partial charge in [-0.3, -0.25) is 0 Å². The molecule has 1 N–H and O–H groups in total. The van der Waals surface area contributed by atoms with Crippen molar-refractivity contribution < 1.29 is 18.1 Å². The molecule has 23 heavy (non-hydrogen) atoms. The number of nitrogens with one attached hydrogen (secondary N) is 1. The third kappa shape index (κ3) is 3.93. The van der Waals surface area contributed by atoms with Gasteiger partial charge in [-0.25, -0.2) is 8.78 Å². The van der Waals surface area contributed by atoms with Gasteiger partial charge in [0, 0.05) is 33.3 Å². The van der Waals surface area contributed by atoms with Gasteiger partial charge >= 0.3 is 0 Å². The minimum absolute atomic E-state index is 0.273. The molecular weight excluding hydrogens is 435 g/mol. The van der Waals surface area contributed by atoms with Crippen LogP contribution >= 0.6 is 22.6 Å². The molecule has 0 fully saturated rings. The van der Waals surface area contributed by atoms with Crippen LogP contribution in [-0.2, 0) is 17.8 Å². The monoisotopic (exact) mass is 457 g/mol. The van der Waals surface area contributed by atoms with Crippen LogP contribution in [-0.4, -0.2) is 19.3 Å². The minimum Gasteiger partial charge on any atom is -0.598 e. The summed E-state index contributed by atoms with van der Waals surface area (Å²) in [6, 6.07) is 0.723. The van der Waals surface area contributed by atoms with E-state index in [4.69, 9.17) is 4.74 Å². The summed E-state index contributed by atoms with van der Waals surface area (Å²) in [6.45, 7) is 9.21. The van der Waals surface area contributed by atoms with Crippen molar-refractivity contribution in [2.75, 3.05) is 4.43 Å². The molecule has 3 nitrogen and oxygen atoms in total. The van der Waals surface area contributed by atoms with Gasteiger partial charge in [0.1, 0.15) is 16.1 Å². The fourth-order valence-corrected chi connectivity index (χ4v) is 3.64. The van der Waals surface area contributed by atoms with Gasteiger partial charge in [-0.2, -0.15) is 0 Å². The molecule has 0 radical (unpaired) electrons. The molecule has 1 heterocycles. The molecule has 0 spiro atoms. The molecule has 130 valence electrons. The summed E-state index contributed by atoms with van der Waals surface area (Å²) >= 11 is 0.858. The van der Waals surface area contributed by atoms with Crippen molar-refractivity contribution >= 4 is 34.0 Å². The number of halogens is 3. The maximum Gasteiger partial charge on any atom is 0.165 e. The van der Waals surface area contributed by atoms with E-state index in [9.17, 15) is 13.3 Å². The highest BCUT2D eigenvalue weighted by molar-refractivity contribution is 14.1. The van der Waals surface area contributed by atoms with Gasteiger partial charge in [-0.05, 0) is 40.7 Å². The van der Waals surface area contributed by atoms with Gasteiger partial charge in [-0.15, -0.1) is 4.72 Å². The first-order valence-electron chi connectivity index (χ1n) is 7.42. The third-order valence-electron chi connectivity index (χ3n) is 3.78. The zero-order chi connectivity index (χ0) is 17.6. The summed E-state index contributed by atoms with van der Waals surface area (Å²) in [5.41, 5.74) is 0.231. The molecule has 0 amide bonds. The lowest BCUT2D eigenvalue weighted by Crippen LogP contribution is -2.40. The number of alkyl halides is 1. The average Bonchev–Trinajstić information content (AvgIpc) is 2.80. The normalized spacial score (nSPS) is 23.3. The zero-order valence-electron chi connectivity index (χ0n) is 13.9. The Balaban J connectivity index is 2.38. The molecular formula is C16H22F2INO2S. The largest absolute Gasteiger partial charge is 0.598 e. The lowest BCUT2D eigenvalue weighted by molar-refractivity contribution is 0.145. The van der Waals surface area contributed by atoms with Gasteiger partial charge in [-0.1, -0.05) is 22.6 Å². The number of hydrogen-bond acceptors (Lipinski definition) is 3. The van der Waals surface area contributed by atoms with Gasteiger partial charge in [0.2, 0.25) is 0 Å². The van der Waals surface area contributed by atoms with Crippen LogP contribution in [0.1, 0.15) is 51.8 Å². The van der Waals surface area contributed by atoms with Crippen molar-refractivity contribution in [1.29, 1.82) is 0 Å². The molecule has 0 unspecified atom stereocenters. The lowest BCUT2D eigenvalue weighted by atomic mass is 9.98. The SMILES string of the molecule is C[C@@H](N[S@+]([O-])C(C)(C)C)c1cc(F)c(F)c2c1O[C@@](C)(CI)C2. The van der Waals surface area contributed by atoms with E-state index in [0.717, 1.165) is 6.07 Å². The molecule has 1 aromatic carbocycles. The van der Waals surface area contributed by atoms with E-state index >= 15 is 0 Å². The number of fused-ring (bicyclic) bond motifs is 1. The summed E-state index contributed by atoms with van der Waals surface area (Å²) in [5, 5.41) is 0. The predicted molar refractivity (Wildman–Crippen MR) is 97.4 cm³/mol. The molecule has 0 saturated carbocycles. The minimum atomic E-state index is -1.32. The molecule has 7 heteroatoms. The highest BCUT2D eigenvalue weighted by Crippen LogP contribution is 2.43. The van der Waals surface area contributed by atoms with Gasteiger partial charge in [0.25, 0.3) is 0 Å². The van der Waals surface area contributed by atoms with Crippen LogP contribution in [0.4, 0.5) is 8.78 Å². The first-order valence-corrected chi connectivity index (χ1v) is 10.1. The maximum absolute atomic E-state index is 14.1. The quantitative estimate of drug-likeness (QED) is 0.419. The predicted octanol–water partition coefficient (Wildman–Crippen LogP) is 4.21. The summed E-state index contributed by atoms with van der Waals surface area (Å²) < 4.78 is 49.5. The second-order valence-corrected chi connectivity index (χ2v) is 9.91. The maximum atomic E-state index is 14.1. The molecule has 0 bridgehead atoms. The Labute approximate surface area is 153 Å². The number of hydrogen-bond donors (Lipinski definition) is 1. The Morgan fingerprint density at radius 3 is 2.61 bits per heavy atom. The standard InChI is InChI=1S/C16H22F2INO2S/c1-9(20-23(21)15(2,3)4)10-6-12(17)13(18)11-7-16(5,8-19)22-14(10)11/h6,9,20H,7-8H2,1-5H3/t9-,16-,23-/m1/s1. The van der Waals surface area contributed by atoms with Crippen molar-refractivity contribution in [3.8, 4) is 5.75 Å². The van der Waals surface area contributed by atoms with Crippen molar-refractivity contribution in [3.05, 3.63) is 28.8 Å². The Kier molecular flexibility index (Phi) is 5.55. The van der Waals surface area contributed by atoms with E-state index in [-0.39, 0.29) is 5.56 Å². The highest BCUT2D eigenvalue weighted by atomic mass is 127. The van der Waals surface area contributed by atoms with Crippen LogP contribution in [0.5, 0.6) is 5.75 Å². The smallest absolute Gasteiger partial charge is 0.165 e. The van der Waals surface area contributed by atoms with Crippen LogP contribution < -0.4 is 9.46 Å². The summed E-state index contributed by atoms with van der Waals surface area (Å²) in [6.07, 6.45) is 0.330. The second kappa shape index (κ2) is 6.65. The first-order chi connectivity index (χ1) is 10.5. The van der Waals surface area contributed by atoms with E-state index in [2.05, 4.69) is 27.3 Å². The number of benzene rings is 1. The Bertz CT molecular complexity index is 609. The van der Waals surface area contributed by atoms with Crippen LogP contribution in [0.3, 0.4) is 0 Å². The first kappa shape index (κ1) is 19.2. The molecule has 0 aliphatic carbocycles. The van der Waals surface area contributed by atoms with Gasteiger partial charge < -0.3 is 9.29 Å². The Morgan fingerprint density at radius 1 is 1.48 bits per heavy atom. The Morgan fingerprint density at radius 2 is 2.09 bits per heavy atom. The molecule has 1 aliphatic rings. The van der Waals surface area contributed by atoms with Crippen molar-refractivity contribution in [3.63, 3.8) is 0 Å². The molecule has 1 aromatic rings. The van der Waals surface area contributed by atoms with E-state index in [1.54, 1.807) is 6.92 Å². The van der Waals surface area contributed by atoms with Crippen LogP contribution in [0, 0.1) is 11.6 Å². The van der Waals surface area contributed by atoms with Crippen molar-refractivity contribution in [2.45, 2.75) is 57.4 Å². The fourth-order valence-electron chi connectivity index (χ4n) is 2.42. The van der Waals surface area contributed by atoms with Crippen LogP contribution in [0.2, 0.25) is 0 Å². The van der Waals surface area contributed by atoms with Gasteiger partial charge in [0.15, 0.2) is 11.6 Å². The molecule has 2 rings (SSSR count). The number of ether oxygens (including phenoxy) is 1. The number of rotatable bonds is 4. The van der Waals surface area contributed by atoms with Gasteiger partial charge in [0.05, 0.1) is 6.04 Å². The van der Waals surface area contributed by atoms with E-state index in [1.165, 1.54) is 0 Å². The third-order valence-corrected chi connectivity index (χ3v) is 7.08. The van der Waals surface area contributed by atoms with E-state index in [1.807, 2.05) is 27.7 Å². The molecule has 3 atom stereocenters. The van der Waals surface area contributed by atoms with Crippen molar-refractivity contribution in [2.24, 2.45) is 0 Å². The van der Waals surface area contributed by atoms with Crippen molar-refractivity contribution in [1.82, 2.24) is 4.72 Å². The molecule has 0 aromatic heterocycles. The molecule has 1 aliphatic heterocycles. The topological polar surface area (TPSA) is 44.3 Å². The average molecular weight is 457 g/mol. The lowest BCUT2D eigenvalue weighted by Gasteiger charge is -2.27. The summed E-state index contributed by atoms with van der Waals surface area (Å²) in [5.74, 6) is -1.36. The second-order valence-electron chi connectivity index (χ2n) is 7.15. The highest BCUT2D eigenvalue weighted by Gasteiger charge is 2.40. The Hall–Kier alpha value is -0.120. The fraction of sp³-hybridized carbons (Fsp3) is 0.625. The summed E-state index contributed by atoms with van der Waals surface area (Å²) in [7, 11) is 0. The van der Waals surface area contributed by atoms with E-state index in [0.29, 0.717) is 22.2 Å². The van der Waals surface area contributed by atoms with Crippen LogP contribution in [0.25, 0.3) is 0 Å². The zero-order valence-corrected chi connectivity index (χ0v) is 16.9. The van der Waals surface area contributed by atoms with Crippen LogP contribution in [0.15, 0.2) is 6.07 Å².